The lowest BCUT2D eigenvalue weighted by atomic mass is 9.93. The van der Waals surface area contributed by atoms with E-state index in [1.165, 1.54) is 6.92 Å². The highest BCUT2D eigenvalue weighted by Crippen LogP contribution is 2.29. The highest BCUT2D eigenvalue weighted by atomic mass is 35.5. The Hall–Kier alpha value is -1.47. The number of halogens is 1. The van der Waals surface area contributed by atoms with Crippen LogP contribution in [0, 0.1) is 17.0 Å². The van der Waals surface area contributed by atoms with Crippen LogP contribution in [-0.2, 0) is 0 Å². The van der Waals surface area contributed by atoms with Crippen molar-refractivity contribution in [2.75, 3.05) is 5.32 Å². The van der Waals surface area contributed by atoms with Crippen LogP contribution in [0.15, 0.2) is 0 Å². The van der Waals surface area contributed by atoms with E-state index < -0.39 is 4.92 Å². The lowest BCUT2D eigenvalue weighted by Crippen LogP contribution is -2.29. The van der Waals surface area contributed by atoms with Gasteiger partial charge in [0.1, 0.15) is 5.69 Å². The van der Waals surface area contributed by atoms with Gasteiger partial charge in [-0.2, -0.15) is 4.98 Å². The van der Waals surface area contributed by atoms with Gasteiger partial charge in [-0.1, -0.05) is 0 Å². The fraction of sp³-hybridized carbons (Fsp3) is 0.636. The first-order chi connectivity index (χ1) is 8.97. The maximum absolute atomic E-state index is 11.1. The Morgan fingerprint density at radius 2 is 2.00 bits per heavy atom. The molecular formula is C11H15ClN4O3. The quantitative estimate of drug-likeness (QED) is 0.501. The van der Waals surface area contributed by atoms with Crippen molar-refractivity contribution in [3.8, 4) is 0 Å². The van der Waals surface area contributed by atoms with Crippen LogP contribution in [0.3, 0.4) is 0 Å². The summed E-state index contributed by atoms with van der Waals surface area (Å²) in [5.74, 6) is 0.156. The van der Waals surface area contributed by atoms with Gasteiger partial charge in [0.25, 0.3) is 0 Å². The molecule has 1 fully saturated rings. The SMILES string of the molecule is Cc1nc(Cl)nc(NC2CCC(O)CC2)c1[N+](=O)[O-]. The van der Waals surface area contributed by atoms with Crippen molar-refractivity contribution in [2.24, 2.45) is 0 Å². The summed E-state index contributed by atoms with van der Waals surface area (Å²) >= 11 is 5.74. The number of aliphatic hydroxyl groups is 1. The molecule has 19 heavy (non-hydrogen) atoms. The van der Waals surface area contributed by atoms with Crippen LogP contribution in [0.5, 0.6) is 0 Å². The summed E-state index contributed by atoms with van der Waals surface area (Å²) in [4.78, 5) is 18.2. The van der Waals surface area contributed by atoms with Crippen LogP contribution in [0.25, 0.3) is 0 Å². The van der Waals surface area contributed by atoms with Gasteiger partial charge in [-0.05, 0) is 44.2 Å². The minimum atomic E-state index is -0.508. The normalized spacial score (nSPS) is 23.1. The molecular weight excluding hydrogens is 272 g/mol. The second-order valence-electron chi connectivity index (χ2n) is 4.68. The monoisotopic (exact) mass is 286 g/mol. The molecule has 0 radical (unpaired) electrons. The predicted molar refractivity (Wildman–Crippen MR) is 70.3 cm³/mol. The van der Waals surface area contributed by atoms with Crippen LogP contribution >= 0.6 is 11.6 Å². The number of aromatic nitrogens is 2. The van der Waals surface area contributed by atoms with Crippen molar-refractivity contribution in [1.29, 1.82) is 0 Å². The topological polar surface area (TPSA) is 101 Å². The van der Waals surface area contributed by atoms with E-state index in [9.17, 15) is 15.2 Å². The van der Waals surface area contributed by atoms with E-state index in [1.807, 2.05) is 0 Å². The molecule has 0 bridgehead atoms. The Labute approximate surface area is 115 Å². The number of rotatable bonds is 3. The number of nitro groups is 1. The van der Waals surface area contributed by atoms with Gasteiger partial charge in [0.05, 0.1) is 11.0 Å². The summed E-state index contributed by atoms with van der Waals surface area (Å²) in [6.07, 6.45) is 2.59. The molecule has 8 heteroatoms. The maximum Gasteiger partial charge on any atom is 0.332 e. The summed E-state index contributed by atoms with van der Waals surface area (Å²) < 4.78 is 0. The highest BCUT2D eigenvalue weighted by Gasteiger charge is 2.26. The Morgan fingerprint density at radius 3 is 2.58 bits per heavy atom. The maximum atomic E-state index is 11.1. The van der Waals surface area contributed by atoms with Gasteiger partial charge in [-0.15, -0.1) is 0 Å². The molecule has 0 atom stereocenters. The standard InChI is InChI=1S/C11H15ClN4O3/c1-6-9(16(18)19)10(15-11(12)13-6)14-7-2-4-8(17)5-3-7/h7-8,17H,2-5H2,1H3,(H,13,14,15). The van der Waals surface area contributed by atoms with E-state index in [0.717, 1.165) is 12.8 Å². The molecule has 0 aromatic carbocycles. The molecule has 1 aliphatic rings. The summed E-state index contributed by atoms with van der Waals surface area (Å²) in [7, 11) is 0. The Bertz CT molecular complexity index is 489. The second kappa shape index (κ2) is 5.66. The van der Waals surface area contributed by atoms with Crippen LogP contribution in [0.4, 0.5) is 11.5 Å². The zero-order chi connectivity index (χ0) is 14.0. The smallest absolute Gasteiger partial charge is 0.332 e. The average molecular weight is 287 g/mol. The summed E-state index contributed by atoms with van der Waals surface area (Å²) in [6.45, 7) is 1.53. The molecule has 2 N–H and O–H groups in total. The number of nitrogens with one attached hydrogen (secondary N) is 1. The first-order valence-electron chi connectivity index (χ1n) is 6.10. The Balaban J connectivity index is 2.21. The summed E-state index contributed by atoms with van der Waals surface area (Å²) in [5.41, 5.74) is 0.0962. The third-order valence-electron chi connectivity index (χ3n) is 3.25. The predicted octanol–water partition coefficient (Wildman–Crippen LogP) is 2.06. The van der Waals surface area contributed by atoms with E-state index in [1.54, 1.807) is 0 Å². The minimum Gasteiger partial charge on any atom is -0.393 e. The molecule has 1 aromatic heterocycles. The molecule has 2 rings (SSSR count). The average Bonchev–Trinajstić information content (AvgIpc) is 2.30. The van der Waals surface area contributed by atoms with Gasteiger partial charge in [0, 0.05) is 6.04 Å². The fourth-order valence-electron chi connectivity index (χ4n) is 2.27. The minimum absolute atomic E-state index is 0.0126. The largest absolute Gasteiger partial charge is 0.393 e. The first kappa shape index (κ1) is 14.0. The Morgan fingerprint density at radius 1 is 1.37 bits per heavy atom. The van der Waals surface area contributed by atoms with Crippen LogP contribution in [0.2, 0.25) is 5.28 Å². The van der Waals surface area contributed by atoms with E-state index >= 15 is 0 Å². The van der Waals surface area contributed by atoms with Crippen LogP contribution in [0.1, 0.15) is 31.4 Å². The number of hydrogen-bond acceptors (Lipinski definition) is 6. The number of hydrogen-bond donors (Lipinski definition) is 2. The Kier molecular flexibility index (Phi) is 4.16. The van der Waals surface area contributed by atoms with Crippen molar-refractivity contribution in [2.45, 2.75) is 44.8 Å². The van der Waals surface area contributed by atoms with Gasteiger partial charge in [0.2, 0.25) is 11.1 Å². The van der Waals surface area contributed by atoms with Crippen molar-refractivity contribution >= 4 is 23.1 Å². The van der Waals surface area contributed by atoms with Gasteiger partial charge in [-0.3, -0.25) is 10.1 Å². The molecule has 0 aliphatic heterocycles. The fourth-order valence-corrected chi connectivity index (χ4v) is 2.48. The molecule has 7 nitrogen and oxygen atoms in total. The number of aliphatic hydroxyl groups excluding tert-OH is 1. The second-order valence-corrected chi connectivity index (χ2v) is 5.02. The van der Waals surface area contributed by atoms with Crippen molar-refractivity contribution in [3.63, 3.8) is 0 Å². The van der Waals surface area contributed by atoms with Gasteiger partial charge in [0.15, 0.2) is 0 Å². The zero-order valence-electron chi connectivity index (χ0n) is 10.5. The van der Waals surface area contributed by atoms with E-state index in [0.29, 0.717) is 12.8 Å². The zero-order valence-corrected chi connectivity index (χ0v) is 11.2. The molecule has 1 heterocycles. The molecule has 0 amide bonds. The van der Waals surface area contributed by atoms with Crippen molar-refractivity contribution in [3.05, 3.63) is 21.1 Å². The number of anilines is 1. The molecule has 104 valence electrons. The van der Waals surface area contributed by atoms with Crippen molar-refractivity contribution in [1.82, 2.24) is 9.97 Å². The molecule has 1 aromatic rings. The van der Waals surface area contributed by atoms with E-state index in [2.05, 4.69) is 15.3 Å². The van der Waals surface area contributed by atoms with Gasteiger partial charge in [-0.25, -0.2) is 4.98 Å². The highest BCUT2D eigenvalue weighted by molar-refractivity contribution is 6.28. The summed E-state index contributed by atoms with van der Waals surface area (Å²) in [5, 5.41) is 23.5. The number of aryl methyl sites for hydroxylation is 1. The lowest BCUT2D eigenvalue weighted by molar-refractivity contribution is -0.385. The molecule has 1 saturated carbocycles. The third kappa shape index (κ3) is 3.30. The van der Waals surface area contributed by atoms with Crippen LogP contribution < -0.4 is 5.32 Å². The van der Waals surface area contributed by atoms with Crippen LogP contribution in [-0.4, -0.2) is 32.1 Å². The van der Waals surface area contributed by atoms with Gasteiger partial charge < -0.3 is 10.4 Å². The third-order valence-corrected chi connectivity index (χ3v) is 3.42. The molecule has 0 spiro atoms. The lowest BCUT2D eigenvalue weighted by Gasteiger charge is -2.26. The summed E-state index contributed by atoms with van der Waals surface area (Å²) in [6, 6.07) is 0.0625. The first-order valence-corrected chi connectivity index (χ1v) is 6.48. The molecule has 1 aliphatic carbocycles. The van der Waals surface area contributed by atoms with Gasteiger partial charge >= 0.3 is 5.69 Å². The molecule has 0 saturated heterocycles. The van der Waals surface area contributed by atoms with E-state index in [-0.39, 0.29) is 34.6 Å². The van der Waals surface area contributed by atoms with Crippen molar-refractivity contribution < 1.29 is 10.0 Å². The van der Waals surface area contributed by atoms with E-state index in [4.69, 9.17) is 11.6 Å². The number of nitrogens with zero attached hydrogens (tertiary/aromatic N) is 3. The molecule has 0 unspecified atom stereocenters.